The van der Waals surface area contributed by atoms with Crippen molar-refractivity contribution in [2.75, 3.05) is 5.32 Å². The van der Waals surface area contributed by atoms with Crippen molar-refractivity contribution in [2.24, 2.45) is 0 Å². The molecule has 0 bridgehead atoms. The number of halogens is 3. The number of nitrogens with one attached hydrogen (secondary N) is 2. The minimum atomic E-state index is -0.887. The van der Waals surface area contributed by atoms with Crippen molar-refractivity contribution in [2.45, 2.75) is 33.2 Å². The average Bonchev–Trinajstić information content (AvgIpc) is 2.53. The number of hydrogen-bond acceptors (Lipinski definition) is 2. The predicted molar refractivity (Wildman–Crippen MR) is 101 cm³/mol. The molecule has 0 unspecified atom stereocenters. The molecule has 0 spiro atoms. The van der Waals surface area contributed by atoms with Gasteiger partial charge in [-0.1, -0.05) is 11.6 Å². The Bertz CT molecular complexity index is 861. The highest BCUT2D eigenvalue weighted by Gasteiger charge is 2.30. The molecule has 0 aliphatic rings. The van der Waals surface area contributed by atoms with Gasteiger partial charge >= 0.3 is 6.03 Å². The molecule has 0 saturated carbocycles. The molecule has 2 aromatic carbocycles. The van der Waals surface area contributed by atoms with Crippen LogP contribution in [0.1, 0.15) is 36.7 Å². The number of rotatable bonds is 2. The van der Waals surface area contributed by atoms with Crippen LogP contribution in [0, 0.1) is 18.6 Å². The van der Waals surface area contributed by atoms with Crippen molar-refractivity contribution >= 4 is 29.2 Å². The minimum absolute atomic E-state index is 0.284. The van der Waals surface area contributed by atoms with Gasteiger partial charge in [-0.05, 0) is 63.6 Å². The van der Waals surface area contributed by atoms with E-state index in [-0.39, 0.29) is 11.3 Å². The van der Waals surface area contributed by atoms with E-state index < -0.39 is 29.1 Å². The summed E-state index contributed by atoms with van der Waals surface area (Å²) >= 11 is 6.01. The maximum Gasteiger partial charge on any atom is 0.338 e. The van der Waals surface area contributed by atoms with E-state index in [1.807, 2.05) is 0 Å². The highest BCUT2D eigenvalue weighted by atomic mass is 35.5. The van der Waals surface area contributed by atoms with Crippen LogP contribution in [0.25, 0.3) is 0 Å². The van der Waals surface area contributed by atoms with Gasteiger partial charge in [0.05, 0.1) is 11.2 Å². The lowest BCUT2D eigenvalue weighted by molar-refractivity contribution is 0.0460. The maximum absolute atomic E-state index is 13.7. The fourth-order valence-corrected chi connectivity index (χ4v) is 2.65. The molecule has 0 heterocycles. The Labute approximate surface area is 161 Å². The number of anilines is 1. The lowest BCUT2D eigenvalue weighted by atomic mass is 10.1. The molecule has 8 heteroatoms. The zero-order valence-electron chi connectivity index (χ0n) is 15.4. The third-order valence-corrected chi connectivity index (χ3v) is 3.77. The van der Waals surface area contributed by atoms with Gasteiger partial charge in [0.2, 0.25) is 0 Å². The van der Waals surface area contributed by atoms with Crippen molar-refractivity contribution in [3.8, 4) is 0 Å². The van der Waals surface area contributed by atoms with E-state index in [0.717, 1.165) is 28.8 Å². The highest BCUT2D eigenvalue weighted by Crippen LogP contribution is 2.20. The van der Waals surface area contributed by atoms with Crippen LogP contribution in [0.2, 0.25) is 5.02 Å². The Morgan fingerprint density at radius 1 is 1.07 bits per heavy atom. The molecule has 0 saturated heterocycles. The molecule has 0 atom stereocenters. The van der Waals surface area contributed by atoms with Gasteiger partial charge in [-0.15, -0.1) is 0 Å². The Kier molecular flexibility index (Phi) is 6.05. The second kappa shape index (κ2) is 7.92. The number of benzene rings is 2. The van der Waals surface area contributed by atoms with Crippen LogP contribution in [0.5, 0.6) is 0 Å². The predicted octanol–water partition coefficient (Wildman–Crippen LogP) is 4.90. The standard InChI is InChI=1S/C19H20ClF2N3O2/c1-11-7-12(9-13(20)8-11)17(26)25(19(2,3)4)24-18(27)23-16-10-14(21)5-6-15(16)22/h5-10H,1-4H3,(H2,23,24,27). The second-order valence-electron chi connectivity index (χ2n) is 7.02. The molecule has 144 valence electrons. The topological polar surface area (TPSA) is 61.4 Å². The number of nitrogens with zero attached hydrogens (tertiary/aromatic N) is 1. The Morgan fingerprint density at radius 3 is 2.33 bits per heavy atom. The summed E-state index contributed by atoms with van der Waals surface area (Å²) in [6.07, 6.45) is 0. The van der Waals surface area contributed by atoms with Gasteiger partial charge in [-0.2, -0.15) is 0 Å². The summed E-state index contributed by atoms with van der Waals surface area (Å²) in [5.74, 6) is -2.00. The molecular weight excluding hydrogens is 376 g/mol. The van der Waals surface area contributed by atoms with Gasteiger partial charge in [0.25, 0.3) is 5.91 Å². The van der Waals surface area contributed by atoms with Crippen molar-refractivity contribution in [1.82, 2.24) is 10.4 Å². The average molecular weight is 396 g/mol. The first-order valence-electron chi connectivity index (χ1n) is 8.12. The zero-order valence-corrected chi connectivity index (χ0v) is 16.1. The lowest BCUT2D eigenvalue weighted by Crippen LogP contribution is -2.56. The molecule has 2 N–H and O–H groups in total. The SMILES string of the molecule is Cc1cc(Cl)cc(C(=O)N(NC(=O)Nc2cc(F)ccc2F)C(C)(C)C)c1. The number of aryl methyl sites for hydroxylation is 1. The van der Waals surface area contributed by atoms with Crippen molar-refractivity contribution in [1.29, 1.82) is 0 Å². The first-order valence-corrected chi connectivity index (χ1v) is 8.49. The summed E-state index contributed by atoms with van der Waals surface area (Å²) in [5.41, 5.74) is 2.32. The van der Waals surface area contributed by atoms with Crippen molar-refractivity contribution in [3.63, 3.8) is 0 Å². The maximum atomic E-state index is 13.7. The number of hydrogen-bond donors (Lipinski definition) is 2. The summed E-state index contributed by atoms with van der Waals surface area (Å²) in [6.45, 7) is 6.93. The highest BCUT2D eigenvalue weighted by molar-refractivity contribution is 6.31. The van der Waals surface area contributed by atoms with E-state index in [9.17, 15) is 18.4 Å². The zero-order chi connectivity index (χ0) is 20.4. The summed E-state index contributed by atoms with van der Waals surface area (Å²) in [7, 11) is 0. The Morgan fingerprint density at radius 2 is 1.74 bits per heavy atom. The van der Waals surface area contributed by atoms with E-state index in [2.05, 4.69) is 10.7 Å². The molecular formula is C19H20ClF2N3O2. The quantitative estimate of drug-likeness (QED) is 0.710. The van der Waals surface area contributed by atoms with Crippen LogP contribution in [-0.2, 0) is 0 Å². The van der Waals surface area contributed by atoms with E-state index in [1.165, 1.54) is 6.07 Å². The first kappa shape index (κ1) is 20.6. The molecule has 3 amide bonds. The molecule has 0 aliphatic carbocycles. The normalized spacial score (nSPS) is 11.1. The van der Waals surface area contributed by atoms with Crippen LogP contribution in [0.4, 0.5) is 19.3 Å². The van der Waals surface area contributed by atoms with Crippen molar-refractivity contribution in [3.05, 3.63) is 64.2 Å². The summed E-state index contributed by atoms with van der Waals surface area (Å²) in [5, 5.41) is 3.69. The summed E-state index contributed by atoms with van der Waals surface area (Å²) < 4.78 is 27.0. The molecule has 0 aliphatic heterocycles. The second-order valence-corrected chi connectivity index (χ2v) is 7.46. The summed E-state index contributed by atoms with van der Waals surface area (Å²) in [6, 6.07) is 6.62. The van der Waals surface area contributed by atoms with E-state index >= 15 is 0 Å². The van der Waals surface area contributed by atoms with Gasteiger partial charge in [0, 0.05) is 16.7 Å². The smallest absolute Gasteiger partial charge is 0.304 e. The van der Waals surface area contributed by atoms with Crippen molar-refractivity contribution < 1.29 is 18.4 Å². The van der Waals surface area contributed by atoms with Gasteiger partial charge in [0.1, 0.15) is 11.6 Å². The molecule has 5 nitrogen and oxygen atoms in total. The number of hydrazine groups is 1. The van der Waals surface area contributed by atoms with E-state index in [4.69, 9.17) is 11.6 Å². The van der Waals surface area contributed by atoms with E-state index in [0.29, 0.717) is 5.02 Å². The fourth-order valence-electron chi connectivity index (χ4n) is 2.36. The van der Waals surface area contributed by atoms with Gasteiger partial charge in [-0.3, -0.25) is 4.79 Å². The van der Waals surface area contributed by atoms with Crippen LogP contribution in [0.15, 0.2) is 36.4 Å². The first-order chi connectivity index (χ1) is 12.5. The Hall–Kier alpha value is -2.67. The molecule has 0 radical (unpaired) electrons. The monoisotopic (exact) mass is 395 g/mol. The fraction of sp³-hybridized carbons (Fsp3) is 0.263. The number of amides is 3. The number of urea groups is 1. The third kappa shape index (κ3) is 5.40. The molecule has 2 aromatic rings. The number of carbonyl (C=O) groups is 2. The van der Waals surface area contributed by atoms with E-state index in [1.54, 1.807) is 39.8 Å². The number of carbonyl (C=O) groups excluding carboxylic acids is 2. The van der Waals surface area contributed by atoms with Crippen LogP contribution >= 0.6 is 11.6 Å². The lowest BCUT2D eigenvalue weighted by Gasteiger charge is -2.35. The molecule has 0 fully saturated rings. The van der Waals surface area contributed by atoms with Gasteiger partial charge in [-0.25, -0.2) is 24.0 Å². The Balaban J connectivity index is 2.25. The van der Waals surface area contributed by atoms with Crippen LogP contribution < -0.4 is 10.7 Å². The third-order valence-electron chi connectivity index (χ3n) is 3.55. The van der Waals surface area contributed by atoms with Gasteiger partial charge < -0.3 is 5.32 Å². The molecule has 2 rings (SSSR count). The molecule has 0 aromatic heterocycles. The molecule has 27 heavy (non-hydrogen) atoms. The van der Waals surface area contributed by atoms with Crippen LogP contribution in [0.3, 0.4) is 0 Å². The van der Waals surface area contributed by atoms with Crippen LogP contribution in [-0.4, -0.2) is 22.5 Å². The summed E-state index contributed by atoms with van der Waals surface area (Å²) in [4.78, 5) is 25.2. The largest absolute Gasteiger partial charge is 0.338 e. The van der Waals surface area contributed by atoms with Gasteiger partial charge in [0.15, 0.2) is 0 Å². The minimum Gasteiger partial charge on any atom is -0.304 e.